The lowest BCUT2D eigenvalue weighted by molar-refractivity contribution is 0.0627. The van der Waals surface area contributed by atoms with Gasteiger partial charge in [0.2, 0.25) is 6.79 Å². The molecule has 0 N–H and O–H groups in total. The lowest BCUT2D eigenvalue weighted by Gasteiger charge is -2.34. The van der Waals surface area contributed by atoms with E-state index in [4.69, 9.17) is 9.47 Å². The summed E-state index contributed by atoms with van der Waals surface area (Å²) in [6.07, 6.45) is 3.40. The van der Waals surface area contributed by atoms with Crippen molar-refractivity contribution < 1.29 is 14.3 Å². The first kappa shape index (κ1) is 17.0. The second-order valence-electron chi connectivity index (χ2n) is 7.19. The van der Waals surface area contributed by atoms with Gasteiger partial charge in [-0.25, -0.2) is 9.50 Å². The van der Waals surface area contributed by atoms with Crippen LogP contribution in [0, 0.1) is 6.92 Å². The van der Waals surface area contributed by atoms with Crippen LogP contribution >= 0.6 is 0 Å². The quantitative estimate of drug-likeness (QED) is 0.690. The van der Waals surface area contributed by atoms with Gasteiger partial charge in [-0.05, 0) is 24.6 Å². The van der Waals surface area contributed by atoms with Crippen molar-refractivity contribution in [3.05, 3.63) is 53.5 Å². The van der Waals surface area contributed by atoms with Crippen LogP contribution in [0.2, 0.25) is 0 Å². The third-order valence-electron chi connectivity index (χ3n) is 5.19. The van der Waals surface area contributed by atoms with Crippen LogP contribution in [0.3, 0.4) is 0 Å². The van der Waals surface area contributed by atoms with Gasteiger partial charge < -0.3 is 14.4 Å². The Labute approximate surface area is 162 Å². The Morgan fingerprint density at radius 2 is 1.93 bits per heavy atom. The van der Waals surface area contributed by atoms with Gasteiger partial charge in [-0.2, -0.15) is 5.10 Å². The molecule has 5 rings (SSSR count). The summed E-state index contributed by atoms with van der Waals surface area (Å²) in [6.45, 7) is 6.08. The number of piperazine rings is 1. The molecule has 1 amide bonds. The molecule has 1 aromatic carbocycles. The molecule has 0 radical (unpaired) electrons. The first-order chi connectivity index (χ1) is 13.7. The largest absolute Gasteiger partial charge is 0.454 e. The lowest BCUT2D eigenvalue weighted by Crippen LogP contribution is -2.48. The van der Waals surface area contributed by atoms with Gasteiger partial charge in [-0.15, -0.1) is 0 Å². The summed E-state index contributed by atoms with van der Waals surface area (Å²) in [5.41, 5.74) is 3.39. The molecule has 1 fully saturated rings. The Balaban J connectivity index is 1.22. The third kappa shape index (κ3) is 3.16. The normalized spacial score (nSPS) is 16.7. The van der Waals surface area contributed by atoms with Crippen molar-refractivity contribution in [2.75, 3.05) is 33.0 Å². The van der Waals surface area contributed by atoms with Gasteiger partial charge in [-0.1, -0.05) is 6.07 Å². The van der Waals surface area contributed by atoms with E-state index in [0.717, 1.165) is 42.5 Å². The van der Waals surface area contributed by atoms with E-state index in [9.17, 15) is 4.79 Å². The van der Waals surface area contributed by atoms with Crippen molar-refractivity contribution in [2.45, 2.75) is 13.5 Å². The van der Waals surface area contributed by atoms with E-state index in [1.807, 2.05) is 30.0 Å². The molecule has 2 aliphatic rings. The zero-order valence-electron chi connectivity index (χ0n) is 15.7. The molecule has 0 unspecified atom stereocenters. The summed E-state index contributed by atoms with van der Waals surface area (Å²) in [4.78, 5) is 21.4. The summed E-state index contributed by atoms with van der Waals surface area (Å²) in [6, 6.07) is 7.95. The van der Waals surface area contributed by atoms with Crippen LogP contribution in [0.25, 0.3) is 5.65 Å². The van der Waals surface area contributed by atoms with Crippen molar-refractivity contribution in [1.82, 2.24) is 24.4 Å². The predicted octanol–water partition coefficient (Wildman–Crippen LogP) is 1.72. The molecular formula is C20H21N5O3. The second kappa shape index (κ2) is 6.79. The van der Waals surface area contributed by atoms with Gasteiger partial charge in [0, 0.05) is 51.2 Å². The highest BCUT2D eigenvalue weighted by molar-refractivity contribution is 5.93. The van der Waals surface area contributed by atoms with Crippen LogP contribution in [0.15, 0.2) is 36.7 Å². The topological polar surface area (TPSA) is 72.2 Å². The molecule has 1 saturated heterocycles. The minimum absolute atomic E-state index is 0.00489. The number of fused-ring (bicyclic) bond motifs is 2. The molecule has 4 heterocycles. The number of aromatic nitrogens is 3. The van der Waals surface area contributed by atoms with Gasteiger partial charge in [0.25, 0.3) is 5.91 Å². The number of ether oxygens (including phenoxy) is 2. The Kier molecular flexibility index (Phi) is 4.12. The highest BCUT2D eigenvalue weighted by Gasteiger charge is 2.23. The first-order valence-electron chi connectivity index (χ1n) is 9.38. The van der Waals surface area contributed by atoms with Crippen molar-refractivity contribution >= 4 is 11.6 Å². The van der Waals surface area contributed by atoms with Crippen LogP contribution < -0.4 is 9.47 Å². The average molecular weight is 379 g/mol. The molecule has 0 spiro atoms. The monoisotopic (exact) mass is 379 g/mol. The molecule has 28 heavy (non-hydrogen) atoms. The Bertz CT molecular complexity index is 1040. The Hall–Kier alpha value is -3.13. The van der Waals surface area contributed by atoms with E-state index >= 15 is 0 Å². The van der Waals surface area contributed by atoms with Crippen molar-refractivity contribution in [3.8, 4) is 11.5 Å². The second-order valence-corrected chi connectivity index (χ2v) is 7.19. The molecule has 2 aromatic heterocycles. The summed E-state index contributed by atoms with van der Waals surface area (Å²) in [7, 11) is 0. The maximum absolute atomic E-state index is 12.8. The Morgan fingerprint density at radius 3 is 2.79 bits per heavy atom. The summed E-state index contributed by atoms with van der Waals surface area (Å²) in [5, 5.41) is 4.34. The van der Waals surface area contributed by atoms with Gasteiger partial charge in [0.15, 0.2) is 17.1 Å². The molecule has 0 atom stereocenters. The fraction of sp³-hybridized carbons (Fsp3) is 0.350. The SMILES string of the molecule is Cc1cc2ncc(C(=O)N3CCN(Cc4ccc5c(c4)OCO5)CC3)cn2n1. The number of hydrogen-bond donors (Lipinski definition) is 0. The van der Waals surface area contributed by atoms with Gasteiger partial charge in [0.1, 0.15) is 0 Å². The van der Waals surface area contributed by atoms with Crippen molar-refractivity contribution in [3.63, 3.8) is 0 Å². The predicted molar refractivity (Wildman–Crippen MR) is 101 cm³/mol. The number of amides is 1. The molecular weight excluding hydrogens is 358 g/mol. The van der Waals surface area contributed by atoms with E-state index < -0.39 is 0 Å². The average Bonchev–Trinajstić information content (AvgIpc) is 3.32. The minimum Gasteiger partial charge on any atom is -0.454 e. The lowest BCUT2D eigenvalue weighted by atomic mass is 10.1. The third-order valence-corrected chi connectivity index (χ3v) is 5.19. The van der Waals surface area contributed by atoms with Gasteiger partial charge in [0.05, 0.1) is 11.3 Å². The number of aryl methyl sites for hydroxylation is 1. The van der Waals surface area contributed by atoms with Crippen molar-refractivity contribution in [2.24, 2.45) is 0 Å². The van der Waals surface area contributed by atoms with Crippen LogP contribution in [-0.2, 0) is 6.54 Å². The van der Waals surface area contributed by atoms with Crippen molar-refractivity contribution in [1.29, 1.82) is 0 Å². The molecule has 8 heteroatoms. The Morgan fingerprint density at radius 1 is 1.11 bits per heavy atom. The van der Waals surface area contributed by atoms with E-state index in [-0.39, 0.29) is 5.91 Å². The number of benzene rings is 1. The zero-order valence-corrected chi connectivity index (χ0v) is 15.7. The summed E-state index contributed by atoms with van der Waals surface area (Å²) < 4.78 is 12.5. The smallest absolute Gasteiger partial charge is 0.257 e. The van der Waals surface area contributed by atoms with Crippen LogP contribution in [0.5, 0.6) is 11.5 Å². The van der Waals surface area contributed by atoms with Gasteiger partial charge >= 0.3 is 0 Å². The van der Waals surface area contributed by atoms with Crippen LogP contribution in [0.4, 0.5) is 0 Å². The molecule has 0 bridgehead atoms. The fourth-order valence-corrected chi connectivity index (χ4v) is 3.69. The minimum atomic E-state index is 0.00489. The maximum Gasteiger partial charge on any atom is 0.257 e. The number of nitrogens with zero attached hydrogens (tertiary/aromatic N) is 5. The molecule has 8 nitrogen and oxygen atoms in total. The fourth-order valence-electron chi connectivity index (χ4n) is 3.69. The maximum atomic E-state index is 12.8. The van der Waals surface area contributed by atoms with E-state index in [0.29, 0.717) is 25.4 Å². The molecule has 0 aliphatic carbocycles. The molecule has 3 aromatic rings. The van der Waals surface area contributed by atoms with Gasteiger partial charge in [-0.3, -0.25) is 9.69 Å². The summed E-state index contributed by atoms with van der Waals surface area (Å²) >= 11 is 0. The van der Waals surface area contributed by atoms with E-state index in [2.05, 4.69) is 21.0 Å². The van der Waals surface area contributed by atoms with Crippen LogP contribution in [-0.4, -0.2) is 63.3 Å². The standard InChI is InChI=1S/C20H21N5O3/c1-14-8-19-21-10-16(12-25(19)22-14)20(26)24-6-4-23(5-7-24)11-15-2-3-17-18(9-15)28-13-27-17/h2-3,8-10,12H,4-7,11,13H2,1H3. The highest BCUT2D eigenvalue weighted by Crippen LogP contribution is 2.32. The van der Waals surface area contributed by atoms with Crippen LogP contribution in [0.1, 0.15) is 21.6 Å². The van der Waals surface area contributed by atoms with E-state index in [1.165, 1.54) is 5.56 Å². The van der Waals surface area contributed by atoms with E-state index in [1.54, 1.807) is 16.9 Å². The highest BCUT2D eigenvalue weighted by atomic mass is 16.7. The number of rotatable bonds is 3. The summed E-state index contributed by atoms with van der Waals surface area (Å²) in [5.74, 6) is 1.62. The number of carbonyl (C=O) groups excluding carboxylic acids is 1. The number of carbonyl (C=O) groups is 1. The zero-order chi connectivity index (χ0) is 19.1. The first-order valence-corrected chi connectivity index (χ1v) is 9.38. The molecule has 0 saturated carbocycles. The molecule has 144 valence electrons. The number of hydrogen-bond acceptors (Lipinski definition) is 6. The molecule has 2 aliphatic heterocycles.